The number of ether oxygens (including phenoxy) is 1. The van der Waals surface area contributed by atoms with Crippen molar-refractivity contribution >= 4 is 12.1 Å². The maximum absolute atomic E-state index is 9.38. The lowest BCUT2D eigenvalue weighted by Crippen LogP contribution is -1.98. The van der Waals surface area contributed by atoms with Crippen molar-refractivity contribution in [2.75, 3.05) is 12.0 Å². The van der Waals surface area contributed by atoms with Crippen LogP contribution in [0.4, 0.5) is 5.88 Å². The molecule has 4 rings (SSSR count). The molecule has 36 heavy (non-hydrogen) atoms. The Morgan fingerprint density at radius 1 is 1.22 bits per heavy atom. The number of aryl methyl sites for hydroxylation is 1. The van der Waals surface area contributed by atoms with Crippen LogP contribution in [0.15, 0.2) is 64.2 Å². The number of aromatic nitrogens is 3. The van der Waals surface area contributed by atoms with E-state index in [1.54, 1.807) is 6.21 Å². The number of benzene rings is 2. The first kappa shape index (κ1) is 24.7. The Kier molecular flexibility index (Phi) is 7.81. The summed E-state index contributed by atoms with van der Waals surface area (Å²) in [6.45, 7) is 8.79. The first-order valence-electron chi connectivity index (χ1n) is 12.1. The van der Waals surface area contributed by atoms with E-state index >= 15 is 0 Å². The van der Waals surface area contributed by atoms with Crippen LogP contribution in [0.3, 0.4) is 0 Å². The van der Waals surface area contributed by atoms with Crippen molar-refractivity contribution in [3.05, 3.63) is 77.4 Å². The second kappa shape index (κ2) is 11.4. The number of nitrogens with one attached hydrogen (secondary N) is 1. The molecule has 8 heteroatoms. The highest BCUT2D eigenvalue weighted by molar-refractivity contribution is 5.89. The van der Waals surface area contributed by atoms with Gasteiger partial charge in [0.05, 0.1) is 18.5 Å². The molecule has 0 saturated heterocycles. The maximum atomic E-state index is 9.38. The van der Waals surface area contributed by atoms with Crippen LogP contribution < -0.4 is 10.2 Å². The number of nitrogens with zero attached hydrogens (tertiary/aromatic N) is 5. The SMILES string of the molecule is CCCCOc1ccc(-c2nn(-c3ccccc3)cc2/C=N/Nc2oc(C(C)C)nc2C#N)cc1C. The lowest BCUT2D eigenvalue weighted by atomic mass is 10.1. The Morgan fingerprint density at radius 3 is 2.72 bits per heavy atom. The summed E-state index contributed by atoms with van der Waals surface area (Å²) in [6, 6.07) is 18.0. The zero-order chi connectivity index (χ0) is 25.5. The van der Waals surface area contributed by atoms with Gasteiger partial charge in [-0.1, -0.05) is 45.4 Å². The highest BCUT2D eigenvalue weighted by Crippen LogP contribution is 2.28. The van der Waals surface area contributed by atoms with E-state index in [9.17, 15) is 5.26 Å². The van der Waals surface area contributed by atoms with Gasteiger partial charge < -0.3 is 9.15 Å². The van der Waals surface area contributed by atoms with Crippen molar-refractivity contribution in [2.45, 2.75) is 46.5 Å². The van der Waals surface area contributed by atoms with Crippen molar-refractivity contribution < 1.29 is 9.15 Å². The number of anilines is 1. The van der Waals surface area contributed by atoms with E-state index < -0.39 is 0 Å². The van der Waals surface area contributed by atoms with Crippen molar-refractivity contribution in [3.63, 3.8) is 0 Å². The number of hydrogen-bond acceptors (Lipinski definition) is 7. The summed E-state index contributed by atoms with van der Waals surface area (Å²) < 4.78 is 13.4. The molecule has 0 saturated carbocycles. The molecule has 0 spiro atoms. The van der Waals surface area contributed by atoms with E-state index in [0.717, 1.165) is 46.7 Å². The Bertz CT molecular complexity index is 1380. The summed E-state index contributed by atoms with van der Waals surface area (Å²) in [7, 11) is 0. The third-order valence-corrected chi connectivity index (χ3v) is 5.58. The van der Waals surface area contributed by atoms with E-state index in [2.05, 4.69) is 28.5 Å². The number of nitriles is 1. The molecule has 0 amide bonds. The van der Waals surface area contributed by atoms with Gasteiger partial charge in [0.15, 0.2) is 0 Å². The van der Waals surface area contributed by atoms with Crippen LogP contribution in [0.25, 0.3) is 16.9 Å². The first-order valence-corrected chi connectivity index (χ1v) is 12.1. The Hall–Kier alpha value is -4.38. The molecule has 184 valence electrons. The quantitative estimate of drug-likeness (QED) is 0.158. The zero-order valence-corrected chi connectivity index (χ0v) is 21.0. The van der Waals surface area contributed by atoms with Crippen molar-refractivity contribution in [3.8, 4) is 28.8 Å². The average Bonchev–Trinajstić information content (AvgIpc) is 3.50. The fraction of sp³-hybridized carbons (Fsp3) is 0.286. The van der Waals surface area contributed by atoms with Gasteiger partial charge in [-0.2, -0.15) is 15.5 Å². The molecule has 2 aromatic heterocycles. The summed E-state index contributed by atoms with van der Waals surface area (Å²) in [5.41, 5.74) is 7.50. The first-order chi connectivity index (χ1) is 17.5. The molecule has 0 aliphatic heterocycles. The largest absolute Gasteiger partial charge is 0.493 e. The summed E-state index contributed by atoms with van der Waals surface area (Å²) in [5.74, 6) is 1.64. The fourth-order valence-corrected chi connectivity index (χ4v) is 3.60. The minimum atomic E-state index is 0.0597. The molecule has 0 atom stereocenters. The number of para-hydroxylation sites is 1. The van der Waals surface area contributed by atoms with Crippen molar-refractivity contribution in [1.82, 2.24) is 14.8 Å². The maximum Gasteiger partial charge on any atom is 0.252 e. The Labute approximate surface area is 211 Å². The lowest BCUT2D eigenvalue weighted by Gasteiger charge is -2.10. The molecule has 0 unspecified atom stereocenters. The molecule has 0 radical (unpaired) electrons. The van der Waals surface area contributed by atoms with Gasteiger partial charge in [-0.15, -0.1) is 0 Å². The molecule has 0 aliphatic carbocycles. The van der Waals surface area contributed by atoms with Gasteiger partial charge in [-0.3, -0.25) is 0 Å². The normalized spacial score (nSPS) is 11.2. The predicted octanol–water partition coefficient (Wildman–Crippen LogP) is 6.46. The van der Waals surface area contributed by atoms with E-state index in [1.807, 2.05) is 80.2 Å². The molecule has 0 bridgehead atoms. The minimum absolute atomic E-state index is 0.0597. The van der Waals surface area contributed by atoms with Gasteiger partial charge in [0.25, 0.3) is 5.88 Å². The second-order valence-electron chi connectivity index (χ2n) is 8.76. The van der Waals surface area contributed by atoms with Crippen LogP contribution in [-0.2, 0) is 0 Å². The number of hydrazone groups is 1. The lowest BCUT2D eigenvalue weighted by molar-refractivity contribution is 0.307. The van der Waals surface area contributed by atoms with Gasteiger partial charge >= 0.3 is 0 Å². The summed E-state index contributed by atoms with van der Waals surface area (Å²) in [4.78, 5) is 4.21. The highest BCUT2D eigenvalue weighted by Gasteiger charge is 2.16. The van der Waals surface area contributed by atoms with Gasteiger partial charge in [0.2, 0.25) is 11.6 Å². The van der Waals surface area contributed by atoms with Crippen LogP contribution in [-0.4, -0.2) is 27.6 Å². The van der Waals surface area contributed by atoms with Crippen molar-refractivity contribution in [1.29, 1.82) is 5.26 Å². The van der Waals surface area contributed by atoms with Crippen molar-refractivity contribution in [2.24, 2.45) is 5.10 Å². The van der Waals surface area contributed by atoms with Gasteiger partial charge in [-0.25, -0.2) is 15.1 Å². The standard InChI is InChI=1S/C28H30N6O2/c1-5-6-14-35-25-13-12-21(15-20(25)4)26-22(18-34(33-26)23-10-8-7-9-11-23)17-30-32-28-24(16-29)31-27(36-28)19(2)3/h7-13,15,17-19,32H,5-6,14H2,1-4H3/b30-17+. The number of rotatable bonds is 10. The minimum Gasteiger partial charge on any atom is -0.493 e. The summed E-state index contributed by atoms with van der Waals surface area (Å²) in [6.07, 6.45) is 5.70. The Morgan fingerprint density at radius 2 is 2.03 bits per heavy atom. The van der Waals surface area contributed by atoms with Crippen LogP contribution in [0.5, 0.6) is 5.75 Å². The van der Waals surface area contributed by atoms with Crippen LogP contribution in [0.2, 0.25) is 0 Å². The zero-order valence-electron chi connectivity index (χ0n) is 21.0. The number of oxazole rings is 1. The second-order valence-corrected chi connectivity index (χ2v) is 8.76. The van der Waals surface area contributed by atoms with Crippen LogP contribution in [0.1, 0.15) is 62.2 Å². The molecule has 8 nitrogen and oxygen atoms in total. The van der Waals surface area contributed by atoms with E-state index in [0.29, 0.717) is 12.5 Å². The van der Waals surface area contributed by atoms with Gasteiger partial charge in [0, 0.05) is 23.2 Å². The topological polar surface area (TPSA) is 101 Å². The van der Waals surface area contributed by atoms with E-state index in [4.69, 9.17) is 14.3 Å². The van der Waals surface area contributed by atoms with E-state index in [1.165, 1.54) is 0 Å². The molecule has 0 aliphatic rings. The predicted molar refractivity (Wildman–Crippen MR) is 141 cm³/mol. The molecule has 1 N–H and O–H groups in total. The monoisotopic (exact) mass is 482 g/mol. The third kappa shape index (κ3) is 5.63. The molecule has 4 aromatic rings. The molecule has 2 heterocycles. The molecule has 2 aromatic carbocycles. The average molecular weight is 483 g/mol. The smallest absolute Gasteiger partial charge is 0.252 e. The fourth-order valence-electron chi connectivity index (χ4n) is 3.60. The van der Waals surface area contributed by atoms with Crippen LogP contribution >= 0.6 is 0 Å². The number of hydrogen-bond donors (Lipinski definition) is 1. The molecule has 0 fully saturated rings. The molecular weight excluding hydrogens is 452 g/mol. The Balaban J connectivity index is 1.66. The highest BCUT2D eigenvalue weighted by atomic mass is 16.5. The van der Waals surface area contributed by atoms with Gasteiger partial charge in [-0.05, 0) is 49.2 Å². The third-order valence-electron chi connectivity index (χ3n) is 5.58. The molecular formula is C28H30N6O2. The number of unbranched alkanes of at least 4 members (excludes halogenated alkanes) is 1. The van der Waals surface area contributed by atoms with Gasteiger partial charge in [0.1, 0.15) is 17.5 Å². The van der Waals surface area contributed by atoms with E-state index in [-0.39, 0.29) is 17.5 Å². The summed E-state index contributed by atoms with van der Waals surface area (Å²) in [5, 5.41) is 18.6. The summed E-state index contributed by atoms with van der Waals surface area (Å²) >= 11 is 0. The van der Waals surface area contributed by atoms with Crippen LogP contribution in [0, 0.1) is 18.3 Å².